The van der Waals surface area contributed by atoms with E-state index in [-0.39, 0.29) is 11.8 Å². The van der Waals surface area contributed by atoms with Gasteiger partial charge < -0.3 is 20.1 Å². The third-order valence-electron chi connectivity index (χ3n) is 7.04. The van der Waals surface area contributed by atoms with Crippen LogP contribution in [-0.2, 0) is 9.59 Å². The van der Waals surface area contributed by atoms with Crippen LogP contribution in [0.4, 0.5) is 11.4 Å². The standard InChI is InChI=1S/C34H52N2O4S2/c1-5-7-9-11-13-15-21-41-25-33(37)35-29-19-17-27(23-31(29)39-3)28-18-20-30(32(24-28)40-4)36-34(38)26-42-22-16-14-12-10-8-6-2/h17-20,23-24H,5-16,21-22,25-26H2,1-4H3,(H,35,37)(H,36,38). The zero-order valence-corrected chi connectivity index (χ0v) is 27.9. The lowest BCUT2D eigenvalue weighted by Gasteiger charge is -2.14. The summed E-state index contributed by atoms with van der Waals surface area (Å²) in [5.74, 6) is 4.02. The lowest BCUT2D eigenvalue weighted by Crippen LogP contribution is -2.15. The molecule has 2 N–H and O–H groups in total. The van der Waals surface area contributed by atoms with Gasteiger partial charge in [0, 0.05) is 0 Å². The van der Waals surface area contributed by atoms with Crippen molar-refractivity contribution in [2.75, 3.05) is 47.9 Å². The Balaban J connectivity index is 1.86. The first kappa shape index (κ1) is 35.9. The van der Waals surface area contributed by atoms with Crippen molar-refractivity contribution in [1.29, 1.82) is 0 Å². The van der Waals surface area contributed by atoms with Gasteiger partial charge in [0.05, 0.1) is 37.1 Å². The molecule has 0 radical (unpaired) electrons. The zero-order chi connectivity index (χ0) is 30.4. The summed E-state index contributed by atoms with van der Waals surface area (Å²) in [6.07, 6.45) is 15.1. The summed E-state index contributed by atoms with van der Waals surface area (Å²) in [6.45, 7) is 4.46. The lowest BCUT2D eigenvalue weighted by molar-refractivity contribution is -0.114. The maximum Gasteiger partial charge on any atom is 0.234 e. The Morgan fingerprint density at radius 3 is 1.36 bits per heavy atom. The number of methoxy groups -OCH3 is 2. The molecule has 2 rings (SSSR count). The lowest BCUT2D eigenvalue weighted by atomic mass is 10.0. The Hall–Kier alpha value is -2.32. The van der Waals surface area contributed by atoms with E-state index in [0.29, 0.717) is 34.4 Å². The first-order valence-electron chi connectivity index (χ1n) is 15.6. The van der Waals surface area contributed by atoms with Crippen LogP contribution in [-0.4, -0.2) is 49.0 Å². The number of amides is 2. The van der Waals surface area contributed by atoms with E-state index in [1.54, 1.807) is 37.7 Å². The molecule has 0 aromatic heterocycles. The van der Waals surface area contributed by atoms with Gasteiger partial charge in [0.25, 0.3) is 0 Å². The van der Waals surface area contributed by atoms with E-state index in [4.69, 9.17) is 9.47 Å². The van der Waals surface area contributed by atoms with Gasteiger partial charge in [-0.25, -0.2) is 0 Å². The van der Waals surface area contributed by atoms with Crippen molar-refractivity contribution in [3.8, 4) is 22.6 Å². The molecular formula is C34H52N2O4S2. The molecule has 0 saturated heterocycles. The van der Waals surface area contributed by atoms with Gasteiger partial charge in [-0.1, -0.05) is 90.2 Å². The molecule has 0 atom stereocenters. The monoisotopic (exact) mass is 616 g/mol. The largest absolute Gasteiger partial charge is 0.495 e. The number of nitrogens with one attached hydrogen (secondary N) is 2. The predicted octanol–water partition coefficient (Wildman–Crippen LogP) is 9.44. The number of thioether (sulfide) groups is 2. The fourth-order valence-electron chi connectivity index (χ4n) is 4.62. The number of carbonyl (C=O) groups excluding carboxylic acids is 2. The van der Waals surface area contributed by atoms with Crippen LogP contribution in [0.2, 0.25) is 0 Å². The molecule has 8 heteroatoms. The second kappa shape index (κ2) is 22.3. The molecule has 0 aliphatic carbocycles. The molecule has 2 aromatic carbocycles. The third kappa shape index (κ3) is 14.2. The number of anilines is 2. The van der Waals surface area contributed by atoms with Crippen molar-refractivity contribution in [3.05, 3.63) is 36.4 Å². The maximum atomic E-state index is 12.5. The molecule has 0 aliphatic rings. The van der Waals surface area contributed by atoms with Crippen LogP contribution >= 0.6 is 23.5 Å². The summed E-state index contributed by atoms with van der Waals surface area (Å²) < 4.78 is 11.2. The maximum absolute atomic E-state index is 12.5. The molecule has 0 saturated carbocycles. The van der Waals surface area contributed by atoms with Crippen LogP contribution in [0.3, 0.4) is 0 Å². The fraction of sp³-hybridized carbons (Fsp3) is 0.588. The van der Waals surface area contributed by atoms with Gasteiger partial charge in [-0.2, -0.15) is 23.5 Å². The summed E-state index contributed by atoms with van der Waals surface area (Å²) in [5, 5.41) is 5.98. The molecule has 42 heavy (non-hydrogen) atoms. The van der Waals surface area contributed by atoms with Crippen molar-refractivity contribution in [2.24, 2.45) is 0 Å². The number of carbonyl (C=O) groups is 2. The summed E-state index contributed by atoms with van der Waals surface area (Å²) >= 11 is 3.36. The Morgan fingerprint density at radius 2 is 0.976 bits per heavy atom. The van der Waals surface area contributed by atoms with E-state index < -0.39 is 0 Å². The quantitative estimate of drug-likeness (QED) is 0.121. The van der Waals surface area contributed by atoms with Crippen molar-refractivity contribution < 1.29 is 19.1 Å². The van der Waals surface area contributed by atoms with Crippen molar-refractivity contribution in [3.63, 3.8) is 0 Å². The van der Waals surface area contributed by atoms with Crippen LogP contribution < -0.4 is 20.1 Å². The SMILES string of the molecule is CCCCCCCCSCC(=O)Nc1ccc(-c2ccc(NC(=O)CSCCCCCCCC)c(OC)c2)cc1OC. The Labute approximate surface area is 262 Å². The van der Waals surface area contributed by atoms with E-state index >= 15 is 0 Å². The average Bonchev–Trinajstić information content (AvgIpc) is 3.00. The molecule has 0 spiro atoms. The highest BCUT2D eigenvalue weighted by Crippen LogP contribution is 2.35. The minimum Gasteiger partial charge on any atom is -0.495 e. The fourth-order valence-corrected chi connectivity index (χ4v) is 6.24. The van der Waals surface area contributed by atoms with E-state index in [0.717, 1.165) is 35.5 Å². The molecule has 0 aliphatic heterocycles. The van der Waals surface area contributed by atoms with Gasteiger partial charge in [-0.15, -0.1) is 0 Å². The number of ether oxygens (including phenoxy) is 2. The van der Waals surface area contributed by atoms with Crippen molar-refractivity contribution in [1.82, 2.24) is 0 Å². The minimum absolute atomic E-state index is 0.0241. The topological polar surface area (TPSA) is 76.7 Å². The van der Waals surface area contributed by atoms with Crippen LogP contribution in [0.1, 0.15) is 90.9 Å². The summed E-state index contributed by atoms with van der Waals surface area (Å²) in [4.78, 5) is 25.1. The first-order chi connectivity index (χ1) is 20.5. The van der Waals surface area contributed by atoms with Gasteiger partial charge in [0.2, 0.25) is 11.8 Å². The highest BCUT2D eigenvalue weighted by atomic mass is 32.2. The Bertz CT molecular complexity index is 980. The second-order valence-corrected chi connectivity index (χ2v) is 12.8. The number of hydrogen-bond donors (Lipinski definition) is 2. The number of benzene rings is 2. The predicted molar refractivity (Wildman–Crippen MR) is 184 cm³/mol. The van der Waals surface area contributed by atoms with Crippen LogP contribution in [0.25, 0.3) is 11.1 Å². The van der Waals surface area contributed by atoms with Crippen molar-refractivity contribution >= 4 is 46.7 Å². The molecule has 0 bridgehead atoms. The number of unbranched alkanes of at least 4 members (excludes halogenated alkanes) is 10. The molecule has 0 fully saturated rings. The summed E-state index contributed by atoms with van der Waals surface area (Å²) in [5.41, 5.74) is 3.15. The smallest absolute Gasteiger partial charge is 0.234 e. The Morgan fingerprint density at radius 1 is 0.595 bits per heavy atom. The van der Waals surface area contributed by atoms with Gasteiger partial charge >= 0.3 is 0 Å². The Kier molecular flexibility index (Phi) is 19.0. The van der Waals surface area contributed by atoms with Gasteiger partial charge in [0.15, 0.2) is 0 Å². The molecule has 6 nitrogen and oxygen atoms in total. The van der Waals surface area contributed by atoms with E-state index in [9.17, 15) is 9.59 Å². The molecule has 0 heterocycles. The summed E-state index contributed by atoms with van der Waals surface area (Å²) in [6, 6.07) is 11.5. The molecule has 234 valence electrons. The van der Waals surface area contributed by atoms with Crippen LogP contribution in [0.5, 0.6) is 11.5 Å². The van der Waals surface area contributed by atoms with Gasteiger partial charge in [-0.05, 0) is 59.7 Å². The second-order valence-electron chi connectivity index (χ2n) is 10.6. The van der Waals surface area contributed by atoms with E-state index in [1.807, 2.05) is 36.4 Å². The zero-order valence-electron chi connectivity index (χ0n) is 26.2. The molecule has 0 unspecified atom stereocenters. The van der Waals surface area contributed by atoms with Crippen LogP contribution in [0.15, 0.2) is 36.4 Å². The third-order valence-corrected chi connectivity index (χ3v) is 9.12. The van der Waals surface area contributed by atoms with E-state index in [2.05, 4.69) is 24.5 Å². The average molecular weight is 617 g/mol. The molecule has 2 amide bonds. The number of rotatable bonds is 23. The van der Waals surface area contributed by atoms with Crippen molar-refractivity contribution in [2.45, 2.75) is 90.9 Å². The molecular weight excluding hydrogens is 565 g/mol. The van der Waals surface area contributed by atoms with Gasteiger partial charge in [0.1, 0.15) is 11.5 Å². The van der Waals surface area contributed by atoms with Gasteiger partial charge in [-0.3, -0.25) is 9.59 Å². The van der Waals surface area contributed by atoms with Crippen LogP contribution in [0, 0.1) is 0 Å². The number of hydrogen-bond acceptors (Lipinski definition) is 6. The minimum atomic E-state index is -0.0241. The highest BCUT2D eigenvalue weighted by molar-refractivity contribution is 8.00. The summed E-state index contributed by atoms with van der Waals surface area (Å²) in [7, 11) is 3.21. The van der Waals surface area contributed by atoms with E-state index in [1.165, 1.54) is 64.2 Å². The normalized spacial score (nSPS) is 10.9. The molecule has 2 aromatic rings. The first-order valence-corrected chi connectivity index (χ1v) is 17.9. The highest BCUT2D eigenvalue weighted by Gasteiger charge is 2.13.